The van der Waals surface area contributed by atoms with Crippen molar-refractivity contribution in [2.75, 3.05) is 5.73 Å². The van der Waals surface area contributed by atoms with Crippen molar-refractivity contribution in [3.05, 3.63) is 12.0 Å². The van der Waals surface area contributed by atoms with Crippen LogP contribution in [0.1, 0.15) is 38.8 Å². The lowest BCUT2D eigenvalue weighted by Crippen LogP contribution is -2.03. The predicted octanol–water partition coefficient (Wildman–Crippen LogP) is 2.00. The van der Waals surface area contributed by atoms with Gasteiger partial charge in [-0.25, -0.2) is 4.98 Å². The molecule has 0 spiro atoms. The molecular weight excluding hydrogens is 150 g/mol. The minimum absolute atomic E-state index is 0.420. The monoisotopic (exact) mass is 167 g/mol. The first-order valence-corrected chi connectivity index (χ1v) is 4.47. The maximum Gasteiger partial charge on any atom is 0.126 e. The number of hydrogen-bond acceptors (Lipinski definition) is 2. The maximum absolute atomic E-state index is 5.89. The molecule has 0 aliphatic heterocycles. The van der Waals surface area contributed by atoms with E-state index in [1.807, 2.05) is 10.9 Å². The lowest BCUT2D eigenvalue weighted by atomic mass is 10.1. The van der Waals surface area contributed by atoms with Crippen LogP contribution in [0.25, 0.3) is 0 Å². The van der Waals surface area contributed by atoms with Gasteiger partial charge in [0.05, 0.1) is 12.0 Å². The summed E-state index contributed by atoms with van der Waals surface area (Å²) in [6, 6.07) is 0. The molecule has 3 heteroatoms. The van der Waals surface area contributed by atoms with E-state index < -0.39 is 0 Å². The molecule has 0 aromatic carbocycles. The van der Waals surface area contributed by atoms with E-state index in [1.165, 1.54) is 0 Å². The summed E-state index contributed by atoms with van der Waals surface area (Å²) in [6.45, 7) is 7.31. The number of aromatic nitrogens is 2. The Hall–Kier alpha value is -0.990. The molecule has 0 atom stereocenters. The Balaban J connectivity index is 2.88. The molecule has 12 heavy (non-hydrogen) atoms. The highest BCUT2D eigenvalue weighted by Crippen LogP contribution is 2.19. The molecule has 0 fully saturated rings. The molecule has 1 heterocycles. The first kappa shape index (κ1) is 9.10. The second kappa shape index (κ2) is 3.61. The highest BCUT2D eigenvalue weighted by atomic mass is 15.1. The van der Waals surface area contributed by atoms with Crippen LogP contribution in [0.15, 0.2) is 6.33 Å². The van der Waals surface area contributed by atoms with E-state index in [2.05, 4.69) is 25.8 Å². The van der Waals surface area contributed by atoms with Crippen molar-refractivity contribution in [2.45, 2.75) is 39.7 Å². The number of nitrogen functional groups attached to an aromatic ring is 1. The van der Waals surface area contributed by atoms with Gasteiger partial charge in [-0.1, -0.05) is 20.8 Å². The van der Waals surface area contributed by atoms with E-state index in [0.717, 1.165) is 24.5 Å². The second-order valence-corrected chi connectivity index (χ2v) is 3.36. The Labute approximate surface area is 73.6 Å². The number of anilines is 1. The van der Waals surface area contributed by atoms with Crippen LogP contribution in [0.2, 0.25) is 0 Å². The summed E-state index contributed by atoms with van der Waals surface area (Å²) in [7, 11) is 0. The van der Waals surface area contributed by atoms with Gasteiger partial charge >= 0.3 is 0 Å². The van der Waals surface area contributed by atoms with Gasteiger partial charge in [-0.3, -0.25) is 0 Å². The van der Waals surface area contributed by atoms with Gasteiger partial charge in [0.15, 0.2) is 0 Å². The van der Waals surface area contributed by atoms with E-state index >= 15 is 0 Å². The third-order valence-corrected chi connectivity index (χ3v) is 1.92. The zero-order valence-electron chi connectivity index (χ0n) is 8.04. The van der Waals surface area contributed by atoms with Crippen LogP contribution >= 0.6 is 0 Å². The van der Waals surface area contributed by atoms with Gasteiger partial charge in [0.1, 0.15) is 5.82 Å². The first-order chi connectivity index (χ1) is 5.66. The number of nitrogens with zero attached hydrogens (tertiary/aromatic N) is 2. The molecule has 0 aliphatic carbocycles. The van der Waals surface area contributed by atoms with Crippen molar-refractivity contribution in [3.63, 3.8) is 0 Å². The van der Waals surface area contributed by atoms with Crippen LogP contribution in [0.5, 0.6) is 0 Å². The number of aryl methyl sites for hydroxylation is 1. The topological polar surface area (TPSA) is 43.8 Å². The summed E-state index contributed by atoms with van der Waals surface area (Å²) in [4.78, 5) is 4.27. The Bertz CT molecular complexity index is 250. The fourth-order valence-electron chi connectivity index (χ4n) is 1.27. The summed E-state index contributed by atoms with van der Waals surface area (Å²) < 4.78 is 2.01. The fraction of sp³-hybridized carbons (Fsp3) is 0.667. The van der Waals surface area contributed by atoms with Crippen molar-refractivity contribution >= 4 is 5.82 Å². The van der Waals surface area contributed by atoms with Crippen molar-refractivity contribution in [1.82, 2.24) is 9.55 Å². The Morgan fingerprint density at radius 2 is 2.25 bits per heavy atom. The first-order valence-electron chi connectivity index (χ1n) is 4.47. The van der Waals surface area contributed by atoms with Gasteiger partial charge in [-0.05, 0) is 12.3 Å². The lowest BCUT2D eigenvalue weighted by molar-refractivity contribution is 0.685. The summed E-state index contributed by atoms with van der Waals surface area (Å²) in [5.41, 5.74) is 6.91. The van der Waals surface area contributed by atoms with Gasteiger partial charge in [0.2, 0.25) is 0 Å². The fourth-order valence-corrected chi connectivity index (χ4v) is 1.27. The standard InChI is InChI=1S/C9H17N3/c1-4-5-12-6-11-8(7(2)3)9(12)10/h6-7H,4-5,10H2,1-3H3. The third kappa shape index (κ3) is 1.60. The van der Waals surface area contributed by atoms with Crippen LogP contribution in [0, 0.1) is 0 Å². The largest absolute Gasteiger partial charge is 0.384 e. The minimum Gasteiger partial charge on any atom is -0.384 e. The summed E-state index contributed by atoms with van der Waals surface area (Å²) in [6.07, 6.45) is 2.92. The van der Waals surface area contributed by atoms with E-state index in [9.17, 15) is 0 Å². The number of rotatable bonds is 3. The van der Waals surface area contributed by atoms with Gasteiger partial charge < -0.3 is 10.3 Å². The maximum atomic E-state index is 5.89. The molecule has 1 aromatic heterocycles. The number of imidazole rings is 1. The molecule has 0 radical (unpaired) electrons. The van der Waals surface area contributed by atoms with Crippen LogP contribution in [0.4, 0.5) is 5.82 Å². The molecular formula is C9H17N3. The molecule has 0 saturated heterocycles. The molecule has 1 rings (SSSR count). The van der Waals surface area contributed by atoms with Crippen molar-refractivity contribution in [2.24, 2.45) is 0 Å². The number of nitrogens with two attached hydrogens (primary N) is 1. The minimum atomic E-state index is 0.420. The second-order valence-electron chi connectivity index (χ2n) is 3.36. The number of hydrogen-bond donors (Lipinski definition) is 1. The molecule has 3 nitrogen and oxygen atoms in total. The van der Waals surface area contributed by atoms with E-state index in [1.54, 1.807) is 0 Å². The predicted molar refractivity (Wildman–Crippen MR) is 51.0 cm³/mol. The Morgan fingerprint density at radius 1 is 1.58 bits per heavy atom. The van der Waals surface area contributed by atoms with Gasteiger partial charge in [0.25, 0.3) is 0 Å². The smallest absolute Gasteiger partial charge is 0.126 e. The molecule has 0 aliphatic rings. The lowest BCUT2D eigenvalue weighted by Gasteiger charge is -2.04. The summed E-state index contributed by atoms with van der Waals surface area (Å²) >= 11 is 0. The molecule has 2 N–H and O–H groups in total. The Morgan fingerprint density at radius 3 is 2.67 bits per heavy atom. The van der Waals surface area contributed by atoms with Crippen LogP contribution in [-0.2, 0) is 6.54 Å². The van der Waals surface area contributed by atoms with Crippen molar-refractivity contribution in [1.29, 1.82) is 0 Å². The van der Waals surface area contributed by atoms with Crippen LogP contribution < -0.4 is 5.73 Å². The van der Waals surface area contributed by atoms with Crippen LogP contribution in [-0.4, -0.2) is 9.55 Å². The quantitative estimate of drug-likeness (QED) is 0.748. The molecule has 68 valence electrons. The zero-order valence-corrected chi connectivity index (χ0v) is 8.04. The highest BCUT2D eigenvalue weighted by molar-refractivity contribution is 5.37. The molecule has 0 unspecified atom stereocenters. The molecule has 0 bridgehead atoms. The normalized spacial score (nSPS) is 11.0. The molecule has 0 saturated carbocycles. The summed E-state index contributed by atoms with van der Waals surface area (Å²) in [5, 5.41) is 0. The SMILES string of the molecule is CCCn1cnc(C(C)C)c1N. The van der Waals surface area contributed by atoms with Gasteiger partial charge in [-0.2, -0.15) is 0 Å². The average molecular weight is 167 g/mol. The molecule has 1 aromatic rings. The highest BCUT2D eigenvalue weighted by Gasteiger charge is 2.09. The third-order valence-electron chi connectivity index (χ3n) is 1.92. The van der Waals surface area contributed by atoms with E-state index in [-0.39, 0.29) is 0 Å². The zero-order chi connectivity index (χ0) is 9.14. The van der Waals surface area contributed by atoms with Crippen molar-refractivity contribution in [3.8, 4) is 0 Å². The van der Waals surface area contributed by atoms with E-state index in [4.69, 9.17) is 5.73 Å². The van der Waals surface area contributed by atoms with Gasteiger partial charge in [0, 0.05) is 6.54 Å². The van der Waals surface area contributed by atoms with Crippen molar-refractivity contribution < 1.29 is 0 Å². The van der Waals surface area contributed by atoms with Crippen LogP contribution in [0.3, 0.4) is 0 Å². The molecule has 0 amide bonds. The van der Waals surface area contributed by atoms with Gasteiger partial charge in [-0.15, -0.1) is 0 Å². The summed E-state index contributed by atoms with van der Waals surface area (Å²) in [5.74, 6) is 1.25. The average Bonchev–Trinajstić information content (AvgIpc) is 2.34. The van der Waals surface area contributed by atoms with E-state index in [0.29, 0.717) is 5.92 Å². The Kier molecular flexibility index (Phi) is 2.74.